The molecule has 4 heteroatoms. The van der Waals surface area contributed by atoms with Crippen LogP contribution in [-0.4, -0.2) is 18.3 Å². The van der Waals surface area contributed by atoms with E-state index in [9.17, 15) is 4.79 Å². The van der Waals surface area contributed by atoms with Crippen molar-refractivity contribution in [1.29, 1.82) is 0 Å². The monoisotopic (exact) mass is 337 g/mol. The summed E-state index contributed by atoms with van der Waals surface area (Å²) in [5.41, 5.74) is 4.33. The zero-order chi connectivity index (χ0) is 18.0. The summed E-state index contributed by atoms with van der Waals surface area (Å²) < 4.78 is 12.7. The SMILES string of the molecule is COc1ccc(OCCn2c(=O)cc(C)c3cc(C)cc(C)c32)cc1. The fourth-order valence-electron chi connectivity index (χ4n) is 3.22. The van der Waals surface area contributed by atoms with Gasteiger partial charge in [0.1, 0.15) is 18.1 Å². The van der Waals surface area contributed by atoms with Crippen LogP contribution in [0.5, 0.6) is 11.5 Å². The molecule has 0 atom stereocenters. The molecule has 25 heavy (non-hydrogen) atoms. The fraction of sp³-hybridized carbons (Fsp3) is 0.286. The normalized spacial score (nSPS) is 10.9. The molecule has 0 aliphatic heterocycles. The van der Waals surface area contributed by atoms with Crippen LogP contribution in [-0.2, 0) is 6.54 Å². The molecule has 0 spiro atoms. The van der Waals surface area contributed by atoms with Crippen LogP contribution in [0.15, 0.2) is 47.3 Å². The van der Waals surface area contributed by atoms with Gasteiger partial charge in [0.15, 0.2) is 0 Å². The van der Waals surface area contributed by atoms with E-state index in [1.165, 1.54) is 5.56 Å². The smallest absolute Gasteiger partial charge is 0.251 e. The Labute approximate surface area is 147 Å². The molecule has 130 valence electrons. The van der Waals surface area contributed by atoms with Crippen LogP contribution in [0.1, 0.15) is 16.7 Å². The van der Waals surface area contributed by atoms with E-state index in [4.69, 9.17) is 9.47 Å². The van der Waals surface area contributed by atoms with Crippen LogP contribution < -0.4 is 15.0 Å². The number of aromatic nitrogens is 1. The molecule has 0 radical (unpaired) electrons. The zero-order valence-electron chi connectivity index (χ0n) is 15.1. The van der Waals surface area contributed by atoms with Gasteiger partial charge < -0.3 is 14.0 Å². The standard InChI is InChI=1S/C21H23NO3/c1-14-11-16(3)21-19(12-14)15(2)13-20(23)22(21)9-10-25-18-7-5-17(24-4)6-8-18/h5-8,11-13H,9-10H2,1-4H3. The largest absolute Gasteiger partial charge is 0.497 e. The lowest BCUT2D eigenvalue weighted by molar-refractivity contribution is 0.298. The summed E-state index contributed by atoms with van der Waals surface area (Å²) in [6.45, 7) is 7.05. The second-order valence-corrected chi connectivity index (χ2v) is 6.32. The maximum Gasteiger partial charge on any atom is 0.251 e. The highest BCUT2D eigenvalue weighted by atomic mass is 16.5. The van der Waals surface area contributed by atoms with Gasteiger partial charge in [0, 0.05) is 11.5 Å². The lowest BCUT2D eigenvalue weighted by Crippen LogP contribution is -2.24. The van der Waals surface area contributed by atoms with Gasteiger partial charge in [0.05, 0.1) is 19.2 Å². The third-order valence-electron chi connectivity index (χ3n) is 4.39. The Hall–Kier alpha value is -2.75. The van der Waals surface area contributed by atoms with Crippen LogP contribution in [0.3, 0.4) is 0 Å². The van der Waals surface area contributed by atoms with Gasteiger partial charge in [-0.25, -0.2) is 0 Å². The first-order chi connectivity index (χ1) is 12.0. The highest BCUT2D eigenvalue weighted by Gasteiger charge is 2.10. The molecule has 0 N–H and O–H groups in total. The molecule has 1 aromatic heterocycles. The van der Waals surface area contributed by atoms with E-state index < -0.39 is 0 Å². The van der Waals surface area contributed by atoms with Crippen molar-refractivity contribution in [3.05, 3.63) is 69.5 Å². The molecule has 0 saturated carbocycles. The minimum absolute atomic E-state index is 0.00952. The molecule has 0 aliphatic carbocycles. The first kappa shape index (κ1) is 17.1. The number of benzene rings is 2. The second-order valence-electron chi connectivity index (χ2n) is 6.32. The molecular formula is C21H23NO3. The molecule has 0 amide bonds. The van der Waals surface area contributed by atoms with Gasteiger partial charge in [-0.1, -0.05) is 11.6 Å². The maximum atomic E-state index is 12.5. The average molecular weight is 337 g/mol. The van der Waals surface area contributed by atoms with Gasteiger partial charge in [-0.3, -0.25) is 4.79 Å². The number of ether oxygens (including phenoxy) is 2. The summed E-state index contributed by atoms with van der Waals surface area (Å²) in [4.78, 5) is 12.5. The topological polar surface area (TPSA) is 40.5 Å². The number of hydrogen-bond donors (Lipinski definition) is 0. The van der Waals surface area contributed by atoms with Crippen molar-refractivity contribution in [3.8, 4) is 11.5 Å². The predicted molar refractivity (Wildman–Crippen MR) is 101 cm³/mol. The van der Waals surface area contributed by atoms with Crippen molar-refractivity contribution in [2.45, 2.75) is 27.3 Å². The zero-order valence-corrected chi connectivity index (χ0v) is 15.1. The molecule has 0 unspecified atom stereocenters. The number of methoxy groups -OCH3 is 1. The molecule has 0 aliphatic rings. The Bertz CT molecular complexity index is 956. The quantitative estimate of drug-likeness (QED) is 0.706. The van der Waals surface area contributed by atoms with Crippen molar-refractivity contribution in [2.24, 2.45) is 0 Å². The van der Waals surface area contributed by atoms with E-state index >= 15 is 0 Å². The first-order valence-electron chi connectivity index (χ1n) is 8.38. The van der Waals surface area contributed by atoms with Crippen molar-refractivity contribution >= 4 is 10.9 Å². The van der Waals surface area contributed by atoms with Gasteiger partial charge in [-0.15, -0.1) is 0 Å². The van der Waals surface area contributed by atoms with Gasteiger partial charge in [-0.2, -0.15) is 0 Å². The maximum absolute atomic E-state index is 12.5. The van der Waals surface area contributed by atoms with Crippen LogP contribution in [0.25, 0.3) is 10.9 Å². The third kappa shape index (κ3) is 3.53. The number of pyridine rings is 1. The lowest BCUT2D eigenvalue weighted by Gasteiger charge is -2.15. The highest BCUT2D eigenvalue weighted by molar-refractivity contribution is 5.86. The van der Waals surface area contributed by atoms with Gasteiger partial charge >= 0.3 is 0 Å². The Morgan fingerprint density at radius 2 is 1.60 bits per heavy atom. The van der Waals surface area contributed by atoms with Crippen LogP contribution in [0.4, 0.5) is 0 Å². The molecule has 3 aromatic rings. The van der Waals surface area contributed by atoms with Crippen LogP contribution >= 0.6 is 0 Å². The van der Waals surface area contributed by atoms with Gasteiger partial charge in [-0.05, 0) is 62.2 Å². The van der Waals surface area contributed by atoms with Gasteiger partial charge in [0.2, 0.25) is 0 Å². The Morgan fingerprint density at radius 3 is 2.28 bits per heavy atom. The fourth-order valence-corrected chi connectivity index (χ4v) is 3.22. The first-order valence-corrected chi connectivity index (χ1v) is 8.38. The van der Waals surface area contributed by atoms with E-state index in [-0.39, 0.29) is 5.56 Å². The predicted octanol–water partition coefficient (Wildman–Crippen LogP) is 4.01. The van der Waals surface area contributed by atoms with Crippen molar-refractivity contribution in [1.82, 2.24) is 4.57 Å². The van der Waals surface area contributed by atoms with E-state index in [0.717, 1.165) is 33.5 Å². The van der Waals surface area contributed by atoms with Crippen molar-refractivity contribution in [2.75, 3.05) is 13.7 Å². The van der Waals surface area contributed by atoms with Crippen molar-refractivity contribution in [3.63, 3.8) is 0 Å². The Morgan fingerprint density at radius 1 is 0.920 bits per heavy atom. The lowest BCUT2D eigenvalue weighted by atomic mass is 10.0. The molecule has 4 nitrogen and oxygen atoms in total. The van der Waals surface area contributed by atoms with Crippen LogP contribution in [0.2, 0.25) is 0 Å². The highest BCUT2D eigenvalue weighted by Crippen LogP contribution is 2.22. The molecule has 0 bridgehead atoms. The van der Waals surface area contributed by atoms with Gasteiger partial charge in [0.25, 0.3) is 5.56 Å². The summed E-state index contributed by atoms with van der Waals surface area (Å²) >= 11 is 0. The summed E-state index contributed by atoms with van der Waals surface area (Å²) in [5.74, 6) is 1.55. The number of aryl methyl sites for hydroxylation is 3. The van der Waals surface area contributed by atoms with E-state index in [0.29, 0.717) is 13.2 Å². The molecule has 0 fully saturated rings. The average Bonchev–Trinajstić information content (AvgIpc) is 2.58. The Balaban J connectivity index is 1.87. The summed E-state index contributed by atoms with van der Waals surface area (Å²) in [6, 6.07) is 13.4. The Kier molecular flexibility index (Phi) is 4.79. The number of fused-ring (bicyclic) bond motifs is 1. The molecular weight excluding hydrogens is 314 g/mol. The molecule has 3 rings (SSSR count). The number of rotatable bonds is 5. The minimum atomic E-state index is 0.00952. The minimum Gasteiger partial charge on any atom is -0.497 e. The second kappa shape index (κ2) is 7.01. The van der Waals surface area contributed by atoms with E-state index in [1.54, 1.807) is 17.7 Å². The van der Waals surface area contributed by atoms with Crippen molar-refractivity contribution < 1.29 is 9.47 Å². The van der Waals surface area contributed by atoms with E-state index in [2.05, 4.69) is 26.0 Å². The number of nitrogens with zero attached hydrogens (tertiary/aromatic N) is 1. The number of hydrogen-bond acceptors (Lipinski definition) is 3. The molecule has 1 heterocycles. The van der Waals surface area contributed by atoms with Crippen LogP contribution in [0, 0.1) is 20.8 Å². The molecule has 0 saturated heterocycles. The molecule has 2 aromatic carbocycles. The van der Waals surface area contributed by atoms with E-state index in [1.807, 2.05) is 31.2 Å². The summed E-state index contributed by atoms with van der Waals surface area (Å²) in [7, 11) is 1.63. The summed E-state index contributed by atoms with van der Waals surface area (Å²) in [5, 5.41) is 1.13. The summed E-state index contributed by atoms with van der Waals surface area (Å²) in [6.07, 6.45) is 0. The third-order valence-corrected chi connectivity index (χ3v) is 4.39.